The molecular formula is C58H77N9O21. The molecule has 0 radical (unpaired) electrons. The SMILES string of the molecule is CCc1c2c(nc3ccccc13)-c1cc3c(c(=O)n1C2)COC(=O)[C@@]3(CC)OC(=O)[C@@H](NC(=O)[C@@H]1CCCN1C(=O)[C@H](CC(=O)O)NC(=O)CCOCCOCCOCCNC(=O)NCCCC[C@H](NC(=O)N[C@@H](CCC(=O)O)C(=O)O)C(=O)O)C(C)C. The van der Waals surface area contributed by atoms with Crippen molar-refractivity contribution in [2.24, 2.45) is 5.92 Å². The highest BCUT2D eigenvalue weighted by Gasteiger charge is 2.52. The van der Waals surface area contributed by atoms with Crippen molar-refractivity contribution < 1.29 is 96.9 Å². The minimum absolute atomic E-state index is 0.0368. The number of para-hydroxylation sites is 1. The van der Waals surface area contributed by atoms with Crippen LogP contribution in [0.4, 0.5) is 9.59 Å². The van der Waals surface area contributed by atoms with E-state index in [0.717, 1.165) is 26.9 Å². The fourth-order valence-corrected chi connectivity index (χ4v) is 10.6. The number of rotatable bonds is 35. The van der Waals surface area contributed by atoms with E-state index in [-0.39, 0.29) is 116 Å². The van der Waals surface area contributed by atoms with Gasteiger partial charge in [0, 0.05) is 49.0 Å². The number of amides is 7. The number of nitrogens with zero attached hydrogens (tertiary/aromatic N) is 3. The number of carboxylic acids is 4. The molecule has 0 spiro atoms. The number of likely N-dealkylation sites (tertiary alicyclic amines) is 1. The molecule has 10 N–H and O–H groups in total. The lowest BCUT2D eigenvalue weighted by Crippen LogP contribution is -2.57. The Labute approximate surface area is 505 Å². The van der Waals surface area contributed by atoms with Crippen molar-refractivity contribution in [3.63, 3.8) is 0 Å². The second-order valence-electron chi connectivity index (χ2n) is 21.5. The molecule has 3 aliphatic heterocycles. The number of hydrogen-bond donors (Lipinski definition) is 10. The average Bonchev–Trinajstić information content (AvgIpc) is 1.47. The molecule has 1 fully saturated rings. The summed E-state index contributed by atoms with van der Waals surface area (Å²) in [5.74, 6) is -10.3. The number of aryl methyl sites for hydroxylation is 1. The molecule has 1 aromatic carbocycles. The molecule has 3 aliphatic rings. The van der Waals surface area contributed by atoms with Crippen LogP contribution in [0.2, 0.25) is 0 Å². The smallest absolute Gasteiger partial charge is 0.355 e. The van der Waals surface area contributed by atoms with Crippen LogP contribution in [0.1, 0.15) is 114 Å². The predicted molar refractivity (Wildman–Crippen MR) is 307 cm³/mol. The lowest BCUT2D eigenvalue weighted by molar-refractivity contribution is -0.191. The zero-order valence-corrected chi connectivity index (χ0v) is 49.5. The topological polar surface area (TPSA) is 425 Å². The highest BCUT2D eigenvalue weighted by atomic mass is 16.6. The van der Waals surface area contributed by atoms with Crippen LogP contribution >= 0.6 is 0 Å². The van der Waals surface area contributed by atoms with Crippen LogP contribution in [0.25, 0.3) is 22.3 Å². The Morgan fingerprint density at radius 3 is 2.06 bits per heavy atom. The molecule has 0 unspecified atom stereocenters. The lowest BCUT2D eigenvalue weighted by Gasteiger charge is -2.37. The molecule has 7 amide bonds. The number of urea groups is 2. The first kappa shape index (κ1) is 68.3. The predicted octanol–water partition coefficient (Wildman–Crippen LogP) is 1.26. The lowest BCUT2D eigenvalue weighted by atomic mass is 9.85. The van der Waals surface area contributed by atoms with E-state index >= 15 is 0 Å². The fraction of sp³-hybridized carbons (Fsp3) is 0.569. The van der Waals surface area contributed by atoms with E-state index in [2.05, 4.69) is 26.6 Å². The summed E-state index contributed by atoms with van der Waals surface area (Å²) >= 11 is 0. The third-order valence-electron chi connectivity index (χ3n) is 15.2. The Balaban J connectivity index is 0.891. The minimum atomic E-state index is -2.08. The standard InChI is InChI=1S/C58H77N9O21/c1-5-33-34-12-7-8-13-38(34)62-48-35(33)30-67-43(48)28-37-36(50(67)74)31-87-55(81)58(37,6-2)88-54(80)47(32(3)4)65-49(73)42-15-11-21-66(42)51(75)41(29-46(71)72)61-44(68)18-22-84-24-26-86-27-25-85-23-20-60-56(82)59-19-10-9-14-39(52(76)77)63-57(83)64-40(53(78)79)16-17-45(69)70/h7-8,12-13,28,32,39-42,47H,5-6,9-11,14-27,29-31H2,1-4H3,(H,61,68)(H,65,73)(H,69,70)(H,71,72)(H,76,77)(H,78,79)(H2,59,60,82)(H2,63,64,83)/t39-,40-,41-,42-,47-,58-/m0/s1. The number of hydrogen-bond acceptors (Lipinski definition) is 18. The highest BCUT2D eigenvalue weighted by Crippen LogP contribution is 2.42. The van der Waals surface area contributed by atoms with Gasteiger partial charge in [-0.2, -0.15) is 0 Å². The molecule has 30 nitrogen and oxygen atoms in total. The maximum Gasteiger partial charge on any atom is 0.355 e. The molecule has 1 saturated heterocycles. The molecule has 5 heterocycles. The van der Waals surface area contributed by atoms with E-state index in [1.807, 2.05) is 36.5 Å². The van der Waals surface area contributed by atoms with Crippen molar-refractivity contribution in [1.29, 1.82) is 0 Å². The van der Waals surface area contributed by atoms with Gasteiger partial charge in [0.25, 0.3) is 5.56 Å². The Bertz CT molecular complexity index is 3150. The summed E-state index contributed by atoms with van der Waals surface area (Å²) in [5, 5.41) is 52.6. The van der Waals surface area contributed by atoms with Gasteiger partial charge in [-0.15, -0.1) is 0 Å². The zero-order chi connectivity index (χ0) is 64.2. The van der Waals surface area contributed by atoms with Crippen molar-refractivity contribution in [1.82, 2.24) is 46.4 Å². The number of carbonyl (C=O) groups is 11. The van der Waals surface area contributed by atoms with Gasteiger partial charge in [0.2, 0.25) is 23.3 Å². The quantitative estimate of drug-likeness (QED) is 0.0229. The number of benzene rings is 1. The number of aromatic nitrogens is 2. The number of fused-ring (bicyclic) bond motifs is 5. The molecule has 88 heavy (non-hydrogen) atoms. The summed E-state index contributed by atoms with van der Waals surface area (Å²) in [6.07, 6.45) is -0.407. The van der Waals surface area contributed by atoms with Crippen molar-refractivity contribution in [2.75, 3.05) is 59.3 Å². The first-order chi connectivity index (χ1) is 42.0. The molecular weight excluding hydrogens is 1160 g/mol. The zero-order valence-electron chi connectivity index (χ0n) is 49.5. The van der Waals surface area contributed by atoms with Crippen LogP contribution in [-0.2, 0) is 92.0 Å². The number of carbonyl (C=O) groups excluding carboxylic acids is 7. The van der Waals surface area contributed by atoms with E-state index in [4.69, 9.17) is 33.8 Å². The van der Waals surface area contributed by atoms with Crippen LogP contribution in [0.3, 0.4) is 0 Å². The summed E-state index contributed by atoms with van der Waals surface area (Å²) in [5.41, 5.74) is 1.45. The Kier molecular flexibility index (Phi) is 25.1. The maximum atomic E-state index is 14.4. The van der Waals surface area contributed by atoms with Crippen LogP contribution in [-0.4, -0.2) is 190 Å². The van der Waals surface area contributed by atoms with E-state index in [0.29, 0.717) is 30.7 Å². The van der Waals surface area contributed by atoms with Gasteiger partial charge in [-0.1, -0.05) is 45.9 Å². The molecule has 30 heteroatoms. The van der Waals surface area contributed by atoms with Gasteiger partial charge in [-0.05, 0) is 75.0 Å². The summed E-state index contributed by atoms with van der Waals surface area (Å²) in [4.78, 5) is 160. The van der Waals surface area contributed by atoms with Crippen molar-refractivity contribution in [3.8, 4) is 11.4 Å². The molecule has 0 bridgehead atoms. The number of cyclic esters (lactones) is 1. The first-order valence-electron chi connectivity index (χ1n) is 29.2. The third kappa shape index (κ3) is 17.7. The van der Waals surface area contributed by atoms with Gasteiger partial charge in [0.15, 0.2) is 0 Å². The molecule has 0 saturated carbocycles. The molecule has 3 aromatic rings. The molecule has 0 aliphatic carbocycles. The molecule has 6 rings (SSSR count). The van der Waals surface area contributed by atoms with Crippen molar-refractivity contribution in [2.45, 2.75) is 147 Å². The van der Waals surface area contributed by atoms with Crippen molar-refractivity contribution in [3.05, 3.63) is 62.9 Å². The molecule has 6 atom stereocenters. The summed E-state index contributed by atoms with van der Waals surface area (Å²) in [6, 6.07) is 0.707. The fourth-order valence-electron chi connectivity index (χ4n) is 10.6. The van der Waals surface area contributed by atoms with Gasteiger partial charge in [0.1, 0.15) is 36.8 Å². The first-order valence-corrected chi connectivity index (χ1v) is 29.2. The number of unbranched alkanes of at least 4 members (excludes halogenated alkanes) is 1. The van der Waals surface area contributed by atoms with Gasteiger partial charge < -0.3 is 85.5 Å². The van der Waals surface area contributed by atoms with Gasteiger partial charge in [0.05, 0.1) is 75.1 Å². The van der Waals surface area contributed by atoms with Crippen LogP contribution in [0, 0.1) is 5.92 Å². The van der Waals surface area contributed by atoms with Crippen LogP contribution in [0.5, 0.6) is 0 Å². The number of ether oxygens (including phenoxy) is 5. The number of carboxylic acid groups (broad SMARTS) is 4. The van der Waals surface area contributed by atoms with E-state index in [1.54, 1.807) is 31.4 Å². The normalized spacial score (nSPS) is 17.0. The summed E-state index contributed by atoms with van der Waals surface area (Å²) in [6.45, 7) is 7.68. The molecule has 480 valence electrons. The van der Waals surface area contributed by atoms with Gasteiger partial charge in [-0.25, -0.2) is 33.8 Å². The van der Waals surface area contributed by atoms with E-state index < -0.39 is 132 Å². The Hall–Kier alpha value is -8.77. The van der Waals surface area contributed by atoms with E-state index in [9.17, 15) is 72.9 Å². The number of aliphatic carboxylic acids is 4. The average molecular weight is 1240 g/mol. The van der Waals surface area contributed by atoms with Crippen LogP contribution < -0.4 is 37.5 Å². The third-order valence-corrected chi connectivity index (χ3v) is 15.2. The Morgan fingerprint density at radius 1 is 0.750 bits per heavy atom. The van der Waals surface area contributed by atoms with Gasteiger partial charge >= 0.3 is 47.9 Å². The minimum Gasteiger partial charge on any atom is -0.481 e. The summed E-state index contributed by atoms with van der Waals surface area (Å²) < 4.78 is 29.6. The Morgan fingerprint density at radius 2 is 1.41 bits per heavy atom. The monoisotopic (exact) mass is 1240 g/mol. The molecule has 2 aromatic heterocycles. The largest absolute Gasteiger partial charge is 0.481 e. The maximum absolute atomic E-state index is 14.4. The summed E-state index contributed by atoms with van der Waals surface area (Å²) in [7, 11) is 0. The number of esters is 2. The van der Waals surface area contributed by atoms with E-state index in [1.165, 1.54) is 0 Å². The number of nitrogens with one attached hydrogen (secondary N) is 6. The van der Waals surface area contributed by atoms with Crippen LogP contribution in [0.15, 0.2) is 35.1 Å². The number of pyridine rings is 2. The van der Waals surface area contributed by atoms with Crippen molar-refractivity contribution >= 4 is 76.5 Å². The second-order valence-corrected chi connectivity index (χ2v) is 21.5. The van der Waals surface area contributed by atoms with Gasteiger partial charge in [-0.3, -0.25) is 28.8 Å². The highest BCUT2D eigenvalue weighted by molar-refractivity contribution is 5.96. The second kappa shape index (κ2) is 32.3.